The summed E-state index contributed by atoms with van der Waals surface area (Å²) in [7, 11) is 0. The van der Waals surface area contributed by atoms with Gasteiger partial charge in [-0.05, 0) is 30.3 Å². The molecular weight excluding hydrogens is 266 g/mol. The molecule has 0 unspecified atom stereocenters. The van der Waals surface area contributed by atoms with E-state index in [1.807, 2.05) is 0 Å². The molecule has 0 radical (unpaired) electrons. The van der Waals surface area contributed by atoms with Gasteiger partial charge in [0.2, 0.25) is 0 Å². The molecule has 0 aliphatic rings. The van der Waals surface area contributed by atoms with Gasteiger partial charge in [0, 0.05) is 11.4 Å². The van der Waals surface area contributed by atoms with Crippen molar-refractivity contribution >= 4 is 17.3 Å². The number of hydrogen-bond donors (Lipinski definition) is 2. The van der Waals surface area contributed by atoms with E-state index in [1.165, 1.54) is 24.3 Å². The Balaban J connectivity index is 2.13. The number of rotatable bonds is 3. The van der Waals surface area contributed by atoms with E-state index in [0.717, 1.165) is 12.1 Å². The van der Waals surface area contributed by atoms with Crippen LogP contribution in [0.5, 0.6) is 0 Å². The van der Waals surface area contributed by atoms with E-state index >= 15 is 0 Å². The molecule has 0 aliphatic heterocycles. The van der Waals surface area contributed by atoms with Crippen LogP contribution in [0, 0.1) is 11.6 Å². The van der Waals surface area contributed by atoms with Crippen molar-refractivity contribution in [2.24, 2.45) is 0 Å². The molecule has 0 saturated carbocycles. The molecular formula is C14H12F2N2O2. The second-order valence-electron chi connectivity index (χ2n) is 4.16. The lowest BCUT2D eigenvalue weighted by atomic mass is 10.1. The summed E-state index contributed by atoms with van der Waals surface area (Å²) in [6.07, 6.45) is 0. The fraction of sp³-hybridized carbons (Fsp3) is 0.0714. The lowest BCUT2D eigenvalue weighted by molar-refractivity contribution is 0.0465. The Morgan fingerprint density at radius 1 is 1.05 bits per heavy atom. The van der Waals surface area contributed by atoms with Crippen LogP contribution >= 0.6 is 0 Å². The number of anilines is 2. The van der Waals surface area contributed by atoms with Gasteiger partial charge in [-0.1, -0.05) is 6.07 Å². The highest BCUT2D eigenvalue weighted by molar-refractivity contribution is 5.91. The number of benzene rings is 2. The van der Waals surface area contributed by atoms with Crippen molar-refractivity contribution in [3.63, 3.8) is 0 Å². The second kappa shape index (κ2) is 5.56. The molecule has 0 amide bonds. The van der Waals surface area contributed by atoms with Gasteiger partial charge in [0.1, 0.15) is 18.2 Å². The van der Waals surface area contributed by atoms with Crippen molar-refractivity contribution < 1.29 is 18.3 Å². The minimum Gasteiger partial charge on any atom is -0.457 e. The van der Waals surface area contributed by atoms with E-state index in [1.54, 1.807) is 0 Å². The molecule has 0 saturated heterocycles. The molecule has 20 heavy (non-hydrogen) atoms. The predicted octanol–water partition coefficient (Wildman–Crippen LogP) is 2.49. The van der Waals surface area contributed by atoms with Gasteiger partial charge in [-0.25, -0.2) is 13.6 Å². The molecule has 2 rings (SSSR count). The van der Waals surface area contributed by atoms with Gasteiger partial charge in [-0.15, -0.1) is 0 Å². The number of halogens is 2. The summed E-state index contributed by atoms with van der Waals surface area (Å²) in [5, 5.41) is 0. The Labute approximate surface area is 114 Å². The molecule has 4 nitrogen and oxygen atoms in total. The number of esters is 1. The lowest BCUT2D eigenvalue weighted by Crippen LogP contribution is -2.08. The normalized spacial score (nSPS) is 10.3. The molecule has 0 spiro atoms. The molecule has 4 N–H and O–H groups in total. The molecule has 104 valence electrons. The van der Waals surface area contributed by atoms with Gasteiger partial charge in [-0.3, -0.25) is 0 Å². The summed E-state index contributed by atoms with van der Waals surface area (Å²) in [5.41, 5.74) is 11.5. The SMILES string of the molecule is Nc1cc(N)cc(C(=O)OCc2c(F)cccc2F)c1. The maximum atomic E-state index is 13.4. The molecule has 6 heteroatoms. The number of carbonyl (C=O) groups is 1. The number of ether oxygens (including phenoxy) is 1. The number of nitrogen functional groups attached to an aromatic ring is 2. The van der Waals surface area contributed by atoms with Crippen LogP contribution in [0.4, 0.5) is 20.2 Å². The fourth-order valence-corrected chi connectivity index (χ4v) is 1.69. The first-order valence-corrected chi connectivity index (χ1v) is 5.73. The Hall–Kier alpha value is -2.63. The zero-order valence-electron chi connectivity index (χ0n) is 10.4. The van der Waals surface area contributed by atoms with E-state index in [0.29, 0.717) is 11.4 Å². The fourth-order valence-electron chi connectivity index (χ4n) is 1.69. The van der Waals surface area contributed by atoms with Crippen molar-refractivity contribution in [1.29, 1.82) is 0 Å². The van der Waals surface area contributed by atoms with Gasteiger partial charge >= 0.3 is 5.97 Å². The third-order valence-corrected chi connectivity index (χ3v) is 2.62. The lowest BCUT2D eigenvalue weighted by Gasteiger charge is -2.08. The molecule has 0 heterocycles. The van der Waals surface area contributed by atoms with E-state index in [-0.39, 0.29) is 11.1 Å². The first kappa shape index (κ1) is 13.8. The standard InChI is InChI=1S/C14H12F2N2O2/c15-12-2-1-3-13(16)11(12)7-20-14(19)8-4-9(17)6-10(18)5-8/h1-6H,7,17-18H2. The highest BCUT2D eigenvalue weighted by Gasteiger charge is 2.13. The average Bonchev–Trinajstić information content (AvgIpc) is 2.36. The van der Waals surface area contributed by atoms with Crippen molar-refractivity contribution in [2.75, 3.05) is 11.5 Å². The highest BCUT2D eigenvalue weighted by Crippen LogP contribution is 2.17. The molecule has 0 aliphatic carbocycles. The van der Waals surface area contributed by atoms with Crippen LogP contribution in [0.1, 0.15) is 15.9 Å². The maximum Gasteiger partial charge on any atom is 0.338 e. The molecule has 2 aromatic rings. The van der Waals surface area contributed by atoms with E-state index in [4.69, 9.17) is 16.2 Å². The van der Waals surface area contributed by atoms with Crippen molar-refractivity contribution in [1.82, 2.24) is 0 Å². The number of nitrogens with two attached hydrogens (primary N) is 2. The van der Waals surface area contributed by atoms with Crippen LogP contribution < -0.4 is 11.5 Å². The van der Waals surface area contributed by atoms with Gasteiger partial charge in [0.25, 0.3) is 0 Å². The maximum absolute atomic E-state index is 13.4. The quantitative estimate of drug-likeness (QED) is 0.668. The Kier molecular flexibility index (Phi) is 3.84. The highest BCUT2D eigenvalue weighted by atomic mass is 19.1. The minimum atomic E-state index is -0.773. The molecule has 0 aromatic heterocycles. The van der Waals surface area contributed by atoms with Crippen LogP contribution in [0.2, 0.25) is 0 Å². The van der Waals surface area contributed by atoms with Crippen LogP contribution in [0.3, 0.4) is 0 Å². The molecule has 0 atom stereocenters. The van der Waals surface area contributed by atoms with Crippen LogP contribution in [-0.4, -0.2) is 5.97 Å². The van der Waals surface area contributed by atoms with E-state index in [9.17, 15) is 13.6 Å². The van der Waals surface area contributed by atoms with Crippen LogP contribution in [-0.2, 0) is 11.3 Å². The number of hydrogen-bond acceptors (Lipinski definition) is 4. The predicted molar refractivity (Wildman–Crippen MR) is 70.7 cm³/mol. The largest absolute Gasteiger partial charge is 0.457 e. The minimum absolute atomic E-state index is 0.124. The van der Waals surface area contributed by atoms with Gasteiger partial charge < -0.3 is 16.2 Å². The Morgan fingerprint density at radius 3 is 2.15 bits per heavy atom. The Morgan fingerprint density at radius 2 is 1.60 bits per heavy atom. The van der Waals surface area contributed by atoms with Gasteiger partial charge in [-0.2, -0.15) is 0 Å². The first-order valence-electron chi connectivity index (χ1n) is 5.73. The summed E-state index contributed by atoms with van der Waals surface area (Å²) in [5.74, 6) is -2.30. The smallest absolute Gasteiger partial charge is 0.338 e. The summed E-state index contributed by atoms with van der Waals surface area (Å²) in [6.45, 7) is -0.508. The summed E-state index contributed by atoms with van der Waals surface area (Å²) in [6, 6.07) is 7.63. The summed E-state index contributed by atoms with van der Waals surface area (Å²) < 4.78 is 31.6. The van der Waals surface area contributed by atoms with Crippen molar-refractivity contribution in [2.45, 2.75) is 6.61 Å². The monoisotopic (exact) mass is 278 g/mol. The van der Waals surface area contributed by atoms with E-state index in [2.05, 4.69) is 0 Å². The number of carbonyl (C=O) groups excluding carboxylic acids is 1. The Bertz CT molecular complexity index is 619. The van der Waals surface area contributed by atoms with Gasteiger partial charge in [0.05, 0.1) is 11.1 Å². The van der Waals surface area contributed by atoms with Crippen molar-refractivity contribution in [3.8, 4) is 0 Å². The van der Waals surface area contributed by atoms with Crippen LogP contribution in [0.25, 0.3) is 0 Å². The van der Waals surface area contributed by atoms with E-state index < -0.39 is 24.2 Å². The topological polar surface area (TPSA) is 78.3 Å². The van der Waals surface area contributed by atoms with Crippen molar-refractivity contribution in [3.05, 3.63) is 59.2 Å². The van der Waals surface area contributed by atoms with Crippen LogP contribution in [0.15, 0.2) is 36.4 Å². The summed E-state index contributed by atoms with van der Waals surface area (Å²) in [4.78, 5) is 11.8. The van der Waals surface area contributed by atoms with Gasteiger partial charge in [0.15, 0.2) is 0 Å². The zero-order chi connectivity index (χ0) is 14.7. The first-order chi connectivity index (χ1) is 9.47. The molecule has 0 fully saturated rings. The molecule has 0 bridgehead atoms. The second-order valence-corrected chi connectivity index (χ2v) is 4.16. The zero-order valence-corrected chi connectivity index (χ0v) is 10.4. The molecule has 2 aromatic carbocycles. The third-order valence-electron chi connectivity index (χ3n) is 2.62. The average molecular weight is 278 g/mol. The third kappa shape index (κ3) is 3.03. The summed E-state index contributed by atoms with van der Waals surface area (Å²) >= 11 is 0.